The van der Waals surface area contributed by atoms with Crippen molar-refractivity contribution in [1.29, 1.82) is 0 Å². The number of pyridine rings is 1. The van der Waals surface area contributed by atoms with E-state index in [0.29, 0.717) is 39.8 Å². The molecule has 0 spiro atoms. The highest BCUT2D eigenvalue weighted by atomic mass is 32.1. The maximum absolute atomic E-state index is 16.2. The second-order valence-corrected chi connectivity index (χ2v) is 13.1. The summed E-state index contributed by atoms with van der Waals surface area (Å²) in [5.74, 6) is -2.93. The average Bonchev–Trinajstić information content (AvgIpc) is 3.77. The standard InChI is InChI=1S/C36H32F3N7O3S/c1-7-30(48)46-17(2)14-45-27(18(46)3)13-25(43-45)35-33(31-22(38)11-21(37)12-28(31)49-15-29(47)40-5)32-23(39)16-50-36(32)34(42-35)20-8-9-26-24(10-20)41-19(4)44(26)6/h7-13,16-18H,1,14-15H2,2-6H3,(H,40,47)/t17-,18+/m0/s1. The van der Waals surface area contributed by atoms with E-state index in [4.69, 9.17) is 14.8 Å². The Kier molecular flexibility index (Phi) is 8.21. The van der Waals surface area contributed by atoms with Gasteiger partial charge in [0, 0.05) is 54.2 Å². The SMILES string of the molecule is C=CC(=O)N1[C@H](C)c2cc(-c3nc(-c4ccc5c(c4)nc(C)n5C)c4scc(F)c4c3-c3c(F)cc(F)cc3OCC(=O)NC)nn2C[C@@H]1C. The van der Waals surface area contributed by atoms with Gasteiger partial charge in [-0.2, -0.15) is 5.10 Å². The van der Waals surface area contributed by atoms with Gasteiger partial charge in [0.2, 0.25) is 5.91 Å². The van der Waals surface area contributed by atoms with Gasteiger partial charge in [-0.05, 0) is 45.0 Å². The summed E-state index contributed by atoms with van der Waals surface area (Å²) in [7, 11) is 3.31. The van der Waals surface area contributed by atoms with Crippen LogP contribution in [0.1, 0.15) is 31.4 Å². The zero-order valence-electron chi connectivity index (χ0n) is 27.8. The molecule has 5 heterocycles. The smallest absolute Gasteiger partial charge is 0.257 e. The first-order chi connectivity index (χ1) is 23.9. The Labute approximate surface area is 288 Å². The van der Waals surface area contributed by atoms with Crippen LogP contribution in [0, 0.1) is 24.4 Å². The van der Waals surface area contributed by atoms with Gasteiger partial charge in [-0.1, -0.05) is 12.6 Å². The number of halogens is 3. The van der Waals surface area contributed by atoms with E-state index in [9.17, 15) is 14.0 Å². The first-order valence-electron chi connectivity index (χ1n) is 15.8. The number of aryl methyl sites for hydroxylation is 2. The minimum atomic E-state index is -1.04. The zero-order valence-corrected chi connectivity index (χ0v) is 28.7. The van der Waals surface area contributed by atoms with Crippen LogP contribution in [-0.4, -0.2) is 60.7 Å². The van der Waals surface area contributed by atoms with E-state index in [2.05, 4.69) is 16.9 Å². The molecule has 14 heteroatoms. The number of aromatic nitrogens is 5. The van der Waals surface area contributed by atoms with Gasteiger partial charge in [0.15, 0.2) is 6.61 Å². The van der Waals surface area contributed by atoms with Gasteiger partial charge in [0.25, 0.3) is 5.91 Å². The predicted molar refractivity (Wildman–Crippen MR) is 185 cm³/mol. The van der Waals surface area contributed by atoms with Crippen LogP contribution < -0.4 is 10.1 Å². The largest absolute Gasteiger partial charge is 0.483 e. The Morgan fingerprint density at radius 2 is 1.86 bits per heavy atom. The third-order valence-electron chi connectivity index (χ3n) is 9.20. The van der Waals surface area contributed by atoms with Crippen molar-refractivity contribution in [3.05, 3.63) is 83.4 Å². The quantitative estimate of drug-likeness (QED) is 0.186. The van der Waals surface area contributed by atoms with Gasteiger partial charge in [-0.15, -0.1) is 11.3 Å². The number of rotatable bonds is 7. The Morgan fingerprint density at radius 3 is 2.60 bits per heavy atom. The van der Waals surface area contributed by atoms with Gasteiger partial charge >= 0.3 is 0 Å². The van der Waals surface area contributed by atoms with E-state index < -0.39 is 36.0 Å². The van der Waals surface area contributed by atoms with Crippen LogP contribution in [-0.2, 0) is 23.2 Å². The van der Waals surface area contributed by atoms with Crippen LogP contribution in [0.5, 0.6) is 5.75 Å². The van der Waals surface area contributed by atoms with Crippen LogP contribution in [0.25, 0.3) is 54.9 Å². The summed E-state index contributed by atoms with van der Waals surface area (Å²) in [6, 6.07) is 8.35. The molecule has 2 aromatic carbocycles. The van der Waals surface area contributed by atoms with Crippen molar-refractivity contribution in [2.45, 2.75) is 39.4 Å². The third-order valence-corrected chi connectivity index (χ3v) is 10.2. The molecule has 0 radical (unpaired) electrons. The van der Waals surface area contributed by atoms with Crippen molar-refractivity contribution >= 4 is 44.3 Å². The number of hydrogen-bond acceptors (Lipinski definition) is 7. The number of likely N-dealkylation sites (N-methyl/N-ethyl adjacent to an activating group) is 1. The molecule has 1 aliphatic heterocycles. The summed E-state index contributed by atoms with van der Waals surface area (Å²) in [5, 5.41) is 8.61. The van der Waals surface area contributed by atoms with E-state index >= 15 is 8.78 Å². The molecular weight excluding hydrogens is 668 g/mol. The molecule has 0 unspecified atom stereocenters. The molecule has 6 aromatic rings. The third kappa shape index (κ3) is 5.30. The fourth-order valence-electron chi connectivity index (χ4n) is 6.70. The molecule has 0 saturated heterocycles. The topological polar surface area (TPSA) is 107 Å². The molecule has 0 aliphatic carbocycles. The predicted octanol–water partition coefficient (Wildman–Crippen LogP) is 6.71. The monoisotopic (exact) mass is 699 g/mol. The van der Waals surface area contributed by atoms with Crippen molar-refractivity contribution in [2.24, 2.45) is 7.05 Å². The number of amides is 2. The number of benzene rings is 2. The first-order valence-corrected chi connectivity index (χ1v) is 16.7. The number of carbonyl (C=O) groups excluding carboxylic acids is 2. The number of thiophene rings is 1. The van der Waals surface area contributed by atoms with Gasteiger partial charge in [-0.3, -0.25) is 14.3 Å². The van der Waals surface area contributed by atoms with E-state index in [1.807, 2.05) is 50.6 Å². The minimum absolute atomic E-state index is 0.0168. The lowest BCUT2D eigenvalue weighted by Gasteiger charge is -2.38. The number of imidazole rings is 1. The Balaban J connectivity index is 1.54. The van der Waals surface area contributed by atoms with Crippen LogP contribution in [0.3, 0.4) is 0 Å². The molecule has 50 heavy (non-hydrogen) atoms. The van der Waals surface area contributed by atoms with Crippen LogP contribution in [0.2, 0.25) is 0 Å². The number of ether oxygens (including phenoxy) is 1. The Morgan fingerprint density at radius 1 is 1.08 bits per heavy atom. The normalized spacial score (nSPS) is 15.8. The summed E-state index contributed by atoms with van der Waals surface area (Å²) < 4.78 is 56.9. The van der Waals surface area contributed by atoms with E-state index in [0.717, 1.165) is 28.7 Å². The highest BCUT2D eigenvalue weighted by Crippen LogP contribution is 2.48. The Bertz CT molecular complexity index is 2380. The van der Waals surface area contributed by atoms with Crippen molar-refractivity contribution < 1.29 is 27.5 Å². The highest BCUT2D eigenvalue weighted by Gasteiger charge is 2.35. The minimum Gasteiger partial charge on any atom is -0.483 e. The molecule has 0 bridgehead atoms. The zero-order chi connectivity index (χ0) is 35.6. The average molecular weight is 700 g/mol. The number of nitrogens with zero attached hydrogens (tertiary/aromatic N) is 6. The second-order valence-electron chi connectivity index (χ2n) is 12.2. The van der Waals surface area contributed by atoms with Crippen LogP contribution in [0.4, 0.5) is 13.2 Å². The molecular formula is C36H32F3N7O3S. The number of nitrogens with one attached hydrogen (secondary N) is 1. The molecule has 4 aromatic heterocycles. The summed E-state index contributed by atoms with van der Waals surface area (Å²) in [6.07, 6.45) is 1.26. The molecule has 2 atom stereocenters. The van der Waals surface area contributed by atoms with Crippen molar-refractivity contribution in [3.8, 4) is 39.5 Å². The second kappa shape index (κ2) is 12.4. The number of carbonyl (C=O) groups is 2. The highest BCUT2D eigenvalue weighted by molar-refractivity contribution is 7.17. The molecule has 0 saturated carbocycles. The number of hydrogen-bond donors (Lipinski definition) is 1. The maximum Gasteiger partial charge on any atom is 0.257 e. The molecule has 0 fully saturated rings. The Hall–Kier alpha value is -5.50. The van der Waals surface area contributed by atoms with Crippen molar-refractivity contribution in [3.63, 3.8) is 0 Å². The molecule has 256 valence electrons. The van der Waals surface area contributed by atoms with E-state index in [1.54, 1.807) is 15.6 Å². The summed E-state index contributed by atoms with van der Waals surface area (Å²) in [5.41, 5.74) is 3.40. The maximum atomic E-state index is 16.2. The lowest BCUT2D eigenvalue weighted by atomic mass is 9.94. The summed E-state index contributed by atoms with van der Waals surface area (Å²) in [6.45, 7) is 9.10. The van der Waals surface area contributed by atoms with Crippen LogP contribution in [0.15, 0.2) is 54.4 Å². The fourth-order valence-corrected chi connectivity index (χ4v) is 7.63. The summed E-state index contributed by atoms with van der Waals surface area (Å²) >= 11 is 1.09. The molecule has 2 amide bonds. The van der Waals surface area contributed by atoms with Gasteiger partial charge in [-0.25, -0.2) is 23.1 Å². The van der Waals surface area contributed by atoms with Crippen molar-refractivity contribution in [2.75, 3.05) is 13.7 Å². The lowest BCUT2D eigenvalue weighted by Crippen LogP contribution is -2.46. The molecule has 1 aliphatic rings. The first kappa shape index (κ1) is 33.0. The lowest BCUT2D eigenvalue weighted by molar-refractivity contribution is -0.132. The van der Waals surface area contributed by atoms with E-state index in [-0.39, 0.29) is 45.6 Å². The van der Waals surface area contributed by atoms with Crippen LogP contribution >= 0.6 is 11.3 Å². The van der Waals surface area contributed by atoms with Gasteiger partial charge in [0.1, 0.15) is 40.4 Å². The molecule has 1 N–H and O–H groups in total. The van der Waals surface area contributed by atoms with E-state index in [1.165, 1.54) is 18.5 Å². The van der Waals surface area contributed by atoms with Crippen molar-refractivity contribution in [1.82, 2.24) is 34.5 Å². The fraction of sp³-hybridized carbons (Fsp3) is 0.250. The number of fused-ring (bicyclic) bond motifs is 3. The van der Waals surface area contributed by atoms with Gasteiger partial charge in [0.05, 0.1) is 45.3 Å². The summed E-state index contributed by atoms with van der Waals surface area (Å²) in [4.78, 5) is 36.4. The molecule has 7 rings (SSSR count). The van der Waals surface area contributed by atoms with Gasteiger partial charge < -0.3 is 19.5 Å². The molecule has 10 nitrogen and oxygen atoms in total.